The molecule has 1 saturated heterocycles. The van der Waals surface area contributed by atoms with Crippen molar-refractivity contribution in [1.29, 1.82) is 0 Å². The van der Waals surface area contributed by atoms with Crippen LogP contribution in [0, 0.1) is 6.92 Å². The second kappa shape index (κ2) is 5.38. The van der Waals surface area contributed by atoms with Gasteiger partial charge in [-0.15, -0.1) is 22.7 Å². The van der Waals surface area contributed by atoms with Crippen molar-refractivity contribution in [3.8, 4) is 0 Å². The molecule has 4 nitrogen and oxygen atoms in total. The average Bonchev–Trinajstić information content (AvgIpc) is 3.09. The van der Waals surface area contributed by atoms with Crippen molar-refractivity contribution >= 4 is 28.6 Å². The van der Waals surface area contributed by atoms with Crippen LogP contribution in [0.25, 0.3) is 0 Å². The van der Waals surface area contributed by atoms with Gasteiger partial charge in [0.2, 0.25) is 0 Å². The topological polar surface area (TPSA) is 46.1 Å². The molecule has 0 aliphatic carbocycles. The molecule has 0 unspecified atom stereocenters. The van der Waals surface area contributed by atoms with Crippen LogP contribution in [-0.4, -0.2) is 33.9 Å². The van der Waals surface area contributed by atoms with E-state index in [9.17, 15) is 4.79 Å². The van der Waals surface area contributed by atoms with Crippen molar-refractivity contribution in [3.05, 3.63) is 32.7 Å². The highest BCUT2D eigenvalue weighted by Crippen LogP contribution is 2.30. The highest BCUT2D eigenvalue weighted by atomic mass is 32.1. The fraction of sp³-hybridized carbons (Fsp3) is 0.462. The maximum absolute atomic E-state index is 12.3. The Morgan fingerprint density at radius 3 is 3.05 bits per heavy atom. The van der Waals surface area contributed by atoms with Gasteiger partial charge in [-0.2, -0.15) is 0 Å². The molecule has 19 heavy (non-hydrogen) atoms. The molecule has 0 aromatic carbocycles. The van der Waals surface area contributed by atoms with Crippen LogP contribution in [0.15, 0.2) is 17.1 Å². The summed E-state index contributed by atoms with van der Waals surface area (Å²) in [6, 6.07) is 0. The number of carbonyl (C=O) groups excluding carboxylic acids is 1. The fourth-order valence-electron chi connectivity index (χ4n) is 2.40. The minimum atomic E-state index is 0.0548. The summed E-state index contributed by atoms with van der Waals surface area (Å²) in [5.41, 5.74) is 2.28. The van der Waals surface area contributed by atoms with Gasteiger partial charge in [0.1, 0.15) is 5.69 Å². The highest BCUT2D eigenvalue weighted by molar-refractivity contribution is 7.11. The molecule has 1 fully saturated rings. The number of hydrogen-bond donors (Lipinski definition) is 0. The third-order valence-corrected chi connectivity index (χ3v) is 5.01. The molecule has 0 N–H and O–H groups in total. The van der Waals surface area contributed by atoms with E-state index in [0.717, 1.165) is 30.9 Å². The third-order valence-electron chi connectivity index (χ3n) is 3.35. The van der Waals surface area contributed by atoms with Crippen LogP contribution < -0.4 is 0 Å². The van der Waals surface area contributed by atoms with Gasteiger partial charge in [-0.1, -0.05) is 0 Å². The molecule has 1 aliphatic rings. The molecule has 3 heterocycles. The predicted octanol–water partition coefficient (Wildman–Crippen LogP) is 2.93. The summed E-state index contributed by atoms with van der Waals surface area (Å²) < 4.78 is 0. The van der Waals surface area contributed by atoms with Crippen LogP contribution in [0.3, 0.4) is 0 Å². The van der Waals surface area contributed by atoms with E-state index in [1.54, 1.807) is 16.8 Å². The number of piperidine rings is 1. The number of carbonyl (C=O) groups is 1. The zero-order valence-corrected chi connectivity index (χ0v) is 12.3. The van der Waals surface area contributed by atoms with Gasteiger partial charge >= 0.3 is 0 Å². The minimum absolute atomic E-state index is 0.0548. The highest BCUT2D eigenvalue weighted by Gasteiger charge is 2.27. The minimum Gasteiger partial charge on any atom is -0.337 e. The molecule has 0 saturated carbocycles. The third kappa shape index (κ3) is 2.69. The summed E-state index contributed by atoms with van der Waals surface area (Å²) in [5.74, 6) is 0.439. The Bertz CT molecular complexity index is 564. The second-order valence-corrected chi connectivity index (χ2v) is 6.76. The summed E-state index contributed by atoms with van der Waals surface area (Å²) in [5, 5.41) is 2.98. The second-order valence-electron chi connectivity index (χ2n) is 4.77. The number of aromatic nitrogens is 2. The maximum Gasteiger partial charge on any atom is 0.273 e. The predicted molar refractivity (Wildman–Crippen MR) is 76.8 cm³/mol. The van der Waals surface area contributed by atoms with E-state index in [-0.39, 0.29) is 5.91 Å². The standard InChI is InChI=1S/C13H15N3OS2/c1-9-5-14-12(19-9)10-3-2-4-16(6-10)13(17)11-7-18-8-15-11/h5,7-8,10H,2-4,6H2,1H3/t10-/m1/s1. The maximum atomic E-state index is 12.3. The number of nitrogens with zero attached hydrogens (tertiary/aromatic N) is 3. The van der Waals surface area contributed by atoms with Gasteiger partial charge in [0.15, 0.2) is 0 Å². The first-order valence-electron chi connectivity index (χ1n) is 6.34. The summed E-state index contributed by atoms with van der Waals surface area (Å²) in [7, 11) is 0. The number of hydrogen-bond acceptors (Lipinski definition) is 5. The van der Waals surface area contributed by atoms with Crippen LogP contribution in [0.1, 0.15) is 39.1 Å². The Morgan fingerprint density at radius 1 is 1.47 bits per heavy atom. The first-order chi connectivity index (χ1) is 9.24. The quantitative estimate of drug-likeness (QED) is 0.855. The van der Waals surface area contributed by atoms with Crippen molar-refractivity contribution in [2.45, 2.75) is 25.7 Å². The van der Waals surface area contributed by atoms with Gasteiger partial charge in [0, 0.05) is 35.5 Å². The van der Waals surface area contributed by atoms with Crippen LogP contribution in [-0.2, 0) is 0 Å². The normalized spacial score (nSPS) is 19.6. The van der Waals surface area contributed by atoms with Crippen LogP contribution in [0.2, 0.25) is 0 Å². The molecular weight excluding hydrogens is 278 g/mol. The Kier molecular flexibility index (Phi) is 3.61. The molecule has 2 aromatic rings. The van der Waals surface area contributed by atoms with Crippen molar-refractivity contribution < 1.29 is 4.79 Å². The lowest BCUT2D eigenvalue weighted by atomic mass is 9.98. The summed E-state index contributed by atoms with van der Waals surface area (Å²) >= 11 is 3.21. The van der Waals surface area contributed by atoms with E-state index >= 15 is 0 Å². The molecule has 1 aliphatic heterocycles. The van der Waals surface area contributed by atoms with E-state index in [0.29, 0.717) is 11.6 Å². The smallest absolute Gasteiger partial charge is 0.273 e. The van der Waals surface area contributed by atoms with Crippen LogP contribution >= 0.6 is 22.7 Å². The number of aryl methyl sites for hydroxylation is 1. The molecule has 100 valence electrons. The number of rotatable bonds is 2. The van der Waals surface area contributed by atoms with E-state index in [1.807, 2.05) is 16.5 Å². The van der Waals surface area contributed by atoms with E-state index in [4.69, 9.17) is 0 Å². The van der Waals surface area contributed by atoms with Crippen LogP contribution in [0.5, 0.6) is 0 Å². The zero-order valence-electron chi connectivity index (χ0n) is 10.7. The van der Waals surface area contributed by atoms with Crippen molar-refractivity contribution in [2.75, 3.05) is 13.1 Å². The fourth-order valence-corrected chi connectivity index (χ4v) is 3.83. The summed E-state index contributed by atoms with van der Waals surface area (Å²) in [6.07, 6.45) is 4.08. The lowest BCUT2D eigenvalue weighted by Gasteiger charge is -2.31. The van der Waals surface area contributed by atoms with Crippen molar-refractivity contribution in [2.24, 2.45) is 0 Å². The van der Waals surface area contributed by atoms with E-state index in [1.165, 1.54) is 16.2 Å². The number of likely N-dealkylation sites (tertiary alicyclic amines) is 1. The summed E-state index contributed by atoms with van der Waals surface area (Å²) in [4.78, 5) is 24.0. The van der Waals surface area contributed by atoms with E-state index < -0.39 is 0 Å². The Labute approximate surface area is 120 Å². The summed E-state index contributed by atoms with van der Waals surface area (Å²) in [6.45, 7) is 3.67. The van der Waals surface area contributed by atoms with Gasteiger partial charge < -0.3 is 4.90 Å². The van der Waals surface area contributed by atoms with Crippen molar-refractivity contribution in [3.63, 3.8) is 0 Å². The largest absolute Gasteiger partial charge is 0.337 e. The molecule has 0 bridgehead atoms. The van der Waals surface area contributed by atoms with Gasteiger partial charge in [-0.25, -0.2) is 9.97 Å². The molecule has 1 amide bonds. The van der Waals surface area contributed by atoms with Gasteiger partial charge in [-0.05, 0) is 19.8 Å². The molecular formula is C13H15N3OS2. The Balaban J connectivity index is 1.73. The Morgan fingerprint density at radius 2 is 2.37 bits per heavy atom. The molecule has 1 atom stereocenters. The monoisotopic (exact) mass is 293 g/mol. The SMILES string of the molecule is Cc1cnc([C@@H]2CCCN(C(=O)c3cscn3)C2)s1. The molecule has 0 radical (unpaired) electrons. The Hall–Kier alpha value is -1.27. The van der Waals surface area contributed by atoms with Gasteiger partial charge in [0.05, 0.1) is 10.5 Å². The lowest BCUT2D eigenvalue weighted by molar-refractivity contribution is 0.0702. The first-order valence-corrected chi connectivity index (χ1v) is 8.10. The first kappa shape index (κ1) is 12.7. The molecule has 3 rings (SSSR count). The molecule has 2 aromatic heterocycles. The number of amides is 1. The van der Waals surface area contributed by atoms with Gasteiger partial charge in [0.25, 0.3) is 5.91 Å². The van der Waals surface area contributed by atoms with Crippen LogP contribution in [0.4, 0.5) is 0 Å². The zero-order chi connectivity index (χ0) is 13.2. The van der Waals surface area contributed by atoms with Gasteiger partial charge in [-0.3, -0.25) is 4.79 Å². The average molecular weight is 293 g/mol. The molecule has 0 spiro atoms. The lowest BCUT2D eigenvalue weighted by Crippen LogP contribution is -2.39. The van der Waals surface area contributed by atoms with E-state index in [2.05, 4.69) is 16.9 Å². The number of thiazole rings is 2. The van der Waals surface area contributed by atoms with Crippen molar-refractivity contribution in [1.82, 2.24) is 14.9 Å². The molecule has 6 heteroatoms.